The van der Waals surface area contributed by atoms with Crippen LogP contribution in [0.4, 0.5) is 5.82 Å². The van der Waals surface area contributed by atoms with Gasteiger partial charge in [-0.05, 0) is 18.4 Å². The third-order valence-electron chi connectivity index (χ3n) is 8.43. The van der Waals surface area contributed by atoms with Crippen LogP contribution in [0.2, 0.25) is 0 Å². The van der Waals surface area contributed by atoms with E-state index in [-0.39, 0.29) is 41.6 Å². The van der Waals surface area contributed by atoms with Gasteiger partial charge in [-0.3, -0.25) is 28.1 Å². The monoisotopic (exact) mass is 909 g/mol. The number of carbonyl (C=O) groups excluding carboxylic acids is 3. The van der Waals surface area contributed by atoms with Gasteiger partial charge in [0.25, 0.3) is 15.6 Å². The van der Waals surface area contributed by atoms with Gasteiger partial charge in [-0.25, -0.2) is 19.3 Å². The molecule has 0 aliphatic carbocycles. The average molecular weight is 910 g/mol. The van der Waals surface area contributed by atoms with E-state index < -0.39 is 84.6 Å². The molecule has 1 aliphatic heterocycles. The molecular weight excluding hydrogens is 867 g/mol. The van der Waals surface area contributed by atoms with E-state index in [1.54, 1.807) is 0 Å². The van der Waals surface area contributed by atoms with Crippen LogP contribution in [0.25, 0.3) is 11.2 Å². The maximum atomic E-state index is 12.6. The van der Waals surface area contributed by atoms with Crippen molar-refractivity contribution in [3.8, 4) is 0 Å². The maximum Gasteiger partial charge on any atom is 0.274 e. The third kappa shape index (κ3) is 15.0. The molecule has 24 nitrogen and oxygen atoms in total. The second kappa shape index (κ2) is 21.0. The van der Waals surface area contributed by atoms with E-state index in [1.165, 1.54) is 13.8 Å². The number of nitrogens with zero attached hydrogens (tertiary/aromatic N) is 4. The number of nitrogen functional groups attached to an aromatic ring is 1. The molecule has 328 valence electrons. The number of hydrogen-bond donors (Lipinski definition) is 5. The number of carbonyl (C=O) groups is 3. The Morgan fingerprint density at radius 3 is 2.41 bits per heavy atom. The zero-order chi connectivity index (χ0) is 43.6. The van der Waals surface area contributed by atoms with Crippen LogP contribution >= 0.6 is 35.2 Å². The highest BCUT2D eigenvalue weighted by atomic mass is 32.2. The molecular formula is C31H42N7O17P3S-4. The van der Waals surface area contributed by atoms with Crippen LogP contribution in [0.3, 0.4) is 0 Å². The van der Waals surface area contributed by atoms with Crippen LogP contribution in [0.15, 0.2) is 43.0 Å². The summed E-state index contributed by atoms with van der Waals surface area (Å²) in [5.74, 6) is -1.20. The number of hydrogen-bond acceptors (Lipinski definition) is 22. The second-order valence-corrected chi connectivity index (χ2v) is 18.8. The quantitative estimate of drug-likeness (QED) is 0.0515. The molecule has 0 spiro atoms. The van der Waals surface area contributed by atoms with Crippen molar-refractivity contribution in [2.75, 3.05) is 37.8 Å². The predicted molar refractivity (Wildman–Crippen MR) is 198 cm³/mol. The molecule has 1 saturated heterocycles. The lowest BCUT2D eigenvalue weighted by Gasteiger charge is -2.36. The molecule has 2 aromatic heterocycles. The molecule has 0 radical (unpaired) electrons. The van der Waals surface area contributed by atoms with Gasteiger partial charge in [0.1, 0.15) is 36.3 Å². The van der Waals surface area contributed by atoms with E-state index in [0.717, 1.165) is 41.0 Å². The molecule has 1 aliphatic rings. The fraction of sp³-hybridized carbons (Fsp3) is 0.548. The summed E-state index contributed by atoms with van der Waals surface area (Å²) < 4.78 is 60.6. The van der Waals surface area contributed by atoms with Gasteiger partial charge in [0.05, 0.1) is 27.4 Å². The van der Waals surface area contributed by atoms with Gasteiger partial charge >= 0.3 is 0 Å². The Morgan fingerprint density at radius 2 is 1.71 bits per heavy atom. The number of aliphatic hydroxyl groups is 2. The summed E-state index contributed by atoms with van der Waals surface area (Å²) in [5.41, 5.74) is 5.21. The number of fused-ring (bicyclic) bond motifs is 1. The Hall–Kier alpha value is -3.22. The fourth-order valence-corrected chi connectivity index (χ4v) is 8.88. The maximum absolute atomic E-state index is 12.6. The number of nitrogens with one attached hydrogen (secondary N) is 2. The standard InChI is InChI=1S/C31H46N7O17P3S/c1-31(2,26(42)29(43)34-12-11-21(39)33-13-14-59-22(40)10-6-9-19-7-4-3-5-8-19)16-52-58(49,50)55-57(47,48)51-15-20-25(54-56(44,45)46)24(41)30(53-20)38-18-37-23-27(32)35-17-36-28(23)38/h3-5,7-8,17-18,20,24-26,30,41-42H,6,9-16H2,1-2H3,(H,33,39)(H,34,43)(H,47,48)(H,49,50)(H2,32,35,36)(H2,44,45,46)/p-4/t20-,24-,25-,26+,30-/m1/s1. The van der Waals surface area contributed by atoms with Gasteiger partial charge < -0.3 is 69.0 Å². The molecule has 0 saturated carbocycles. The van der Waals surface area contributed by atoms with Crippen molar-refractivity contribution < 1.29 is 80.5 Å². The van der Waals surface area contributed by atoms with Crippen LogP contribution in [0.1, 0.15) is 44.9 Å². The number of aliphatic hydroxyl groups excluding tert-OH is 2. The fourth-order valence-electron chi connectivity index (χ4n) is 5.43. The number of aromatic nitrogens is 4. The first kappa shape index (κ1) is 48.4. The van der Waals surface area contributed by atoms with Gasteiger partial charge in [0, 0.05) is 37.1 Å². The summed E-state index contributed by atoms with van der Waals surface area (Å²) in [6.07, 6.45) is -5.72. The van der Waals surface area contributed by atoms with Gasteiger partial charge in [-0.15, -0.1) is 0 Å². The van der Waals surface area contributed by atoms with E-state index in [2.05, 4.69) is 43.5 Å². The Morgan fingerprint density at radius 1 is 1.02 bits per heavy atom. The Kier molecular flexibility index (Phi) is 17.3. The number of imidazole rings is 1. The number of thioether (sulfide) groups is 1. The van der Waals surface area contributed by atoms with Crippen molar-refractivity contribution in [1.29, 1.82) is 0 Å². The minimum Gasteiger partial charge on any atom is -0.790 e. The van der Waals surface area contributed by atoms with E-state index in [4.69, 9.17) is 10.5 Å². The number of rotatable bonds is 23. The molecule has 28 heteroatoms. The number of phosphoric acid groups is 3. The highest BCUT2D eigenvalue weighted by Gasteiger charge is 2.47. The van der Waals surface area contributed by atoms with Gasteiger partial charge in [0.2, 0.25) is 11.8 Å². The molecule has 1 aromatic carbocycles. The summed E-state index contributed by atoms with van der Waals surface area (Å²) in [7, 11) is -17.6. The van der Waals surface area contributed by atoms with Crippen LogP contribution < -0.4 is 35.9 Å². The Bertz CT molecular complexity index is 2060. The molecule has 1 fully saturated rings. The van der Waals surface area contributed by atoms with Crippen molar-refractivity contribution in [3.05, 3.63) is 48.5 Å². The number of ether oxygens (including phenoxy) is 1. The molecule has 59 heavy (non-hydrogen) atoms. The lowest BCUT2D eigenvalue weighted by atomic mass is 9.87. The summed E-state index contributed by atoms with van der Waals surface area (Å²) >= 11 is 1.09. The lowest BCUT2D eigenvalue weighted by molar-refractivity contribution is -0.347. The first-order valence-electron chi connectivity index (χ1n) is 17.6. The van der Waals surface area contributed by atoms with E-state index in [1.807, 2.05) is 30.3 Å². The summed E-state index contributed by atoms with van der Waals surface area (Å²) in [6, 6.07) is 9.74. The van der Waals surface area contributed by atoms with E-state index >= 15 is 0 Å². The molecule has 7 atom stereocenters. The average Bonchev–Trinajstić information content (AvgIpc) is 3.71. The third-order valence-corrected chi connectivity index (χ3v) is 12.4. The normalized spacial score (nSPS) is 21.1. The highest BCUT2D eigenvalue weighted by Crippen LogP contribution is 2.56. The SMILES string of the molecule is CC(C)(COP(=O)([O-])OP(=O)([O-])OC[C@H]1O[C@@H](n2cnc3c(N)ncnc32)[C@H](O)[C@@H]1OP(=O)([O-])[O-])[C@@H](O)C(=O)NCCC(=O)NCCSC(=O)CCCc1ccccc1. The number of aryl methyl sites for hydroxylation is 1. The summed E-state index contributed by atoms with van der Waals surface area (Å²) in [6.45, 7) is 0.109. The zero-order valence-corrected chi connectivity index (χ0v) is 34.9. The summed E-state index contributed by atoms with van der Waals surface area (Å²) in [4.78, 5) is 96.3. The van der Waals surface area contributed by atoms with Crippen molar-refractivity contribution in [2.45, 2.75) is 70.2 Å². The predicted octanol–water partition coefficient (Wildman–Crippen LogP) is -1.84. The van der Waals surface area contributed by atoms with Gasteiger partial charge in [-0.1, -0.05) is 55.9 Å². The van der Waals surface area contributed by atoms with E-state index in [9.17, 15) is 57.9 Å². The molecule has 3 aromatic rings. The van der Waals surface area contributed by atoms with Crippen LogP contribution in [0.5, 0.6) is 0 Å². The zero-order valence-electron chi connectivity index (χ0n) is 31.4. The van der Waals surface area contributed by atoms with Crippen molar-refractivity contribution in [2.24, 2.45) is 5.41 Å². The summed E-state index contributed by atoms with van der Waals surface area (Å²) in [5, 5.41) is 26.3. The molecule has 3 heterocycles. The van der Waals surface area contributed by atoms with Gasteiger partial charge in [0.15, 0.2) is 22.8 Å². The van der Waals surface area contributed by atoms with Crippen molar-refractivity contribution in [3.63, 3.8) is 0 Å². The van der Waals surface area contributed by atoms with Gasteiger partial charge in [-0.2, -0.15) is 0 Å². The van der Waals surface area contributed by atoms with Crippen molar-refractivity contribution >= 4 is 69.1 Å². The number of benzene rings is 1. The minimum absolute atomic E-state index is 0.00388. The number of amides is 2. The molecule has 2 unspecified atom stereocenters. The van der Waals surface area contributed by atoms with Crippen LogP contribution in [-0.2, 0) is 57.1 Å². The smallest absolute Gasteiger partial charge is 0.274 e. The number of phosphoric ester groups is 3. The Balaban J connectivity index is 1.19. The van der Waals surface area contributed by atoms with E-state index in [0.29, 0.717) is 18.6 Å². The number of nitrogens with two attached hydrogens (primary N) is 1. The molecule has 4 rings (SSSR count). The highest BCUT2D eigenvalue weighted by molar-refractivity contribution is 8.13. The first-order valence-corrected chi connectivity index (χ1v) is 23.0. The second-order valence-electron chi connectivity index (χ2n) is 13.5. The molecule has 0 bridgehead atoms. The number of anilines is 1. The first-order chi connectivity index (χ1) is 27.6. The molecule has 6 N–H and O–H groups in total. The lowest BCUT2D eigenvalue weighted by Crippen LogP contribution is -2.46. The van der Waals surface area contributed by atoms with Crippen LogP contribution in [-0.4, -0.2) is 103 Å². The largest absolute Gasteiger partial charge is 0.790 e. The van der Waals surface area contributed by atoms with Crippen molar-refractivity contribution in [1.82, 2.24) is 30.2 Å². The Labute approximate surface area is 341 Å². The molecule has 2 amide bonds. The topological polar surface area (TPSA) is 375 Å². The van der Waals surface area contributed by atoms with Crippen LogP contribution in [0, 0.1) is 5.41 Å². The minimum atomic E-state index is -5.92.